The van der Waals surface area contributed by atoms with E-state index in [9.17, 15) is 0 Å². The molecule has 1 unspecified atom stereocenters. The molecule has 0 saturated carbocycles. The van der Waals surface area contributed by atoms with Crippen LogP contribution in [0.15, 0.2) is 12.4 Å². The quantitative estimate of drug-likeness (QED) is 0.387. The van der Waals surface area contributed by atoms with Gasteiger partial charge in [-0.3, -0.25) is 0 Å². The van der Waals surface area contributed by atoms with Crippen molar-refractivity contribution in [2.75, 3.05) is 13.1 Å². The van der Waals surface area contributed by atoms with Gasteiger partial charge in [0, 0.05) is 25.5 Å². The van der Waals surface area contributed by atoms with Gasteiger partial charge in [-0.05, 0) is 12.8 Å². The molecular weight excluding hydrogens is 282 g/mol. The first-order valence-electron chi connectivity index (χ1n) is 10.3. The monoisotopic (exact) mass is 323 g/mol. The maximum atomic E-state index is 5.64. The van der Waals surface area contributed by atoms with Gasteiger partial charge in [-0.1, -0.05) is 84.0 Å². The van der Waals surface area contributed by atoms with Crippen molar-refractivity contribution >= 4 is 0 Å². The zero-order valence-electron chi connectivity index (χ0n) is 15.6. The van der Waals surface area contributed by atoms with Crippen molar-refractivity contribution in [1.29, 1.82) is 0 Å². The molecule has 3 nitrogen and oxygen atoms in total. The van der Waals surface area contributed by atoms with E-state index in [1.807, 2.05) is 0 Å². The van der Waals surface area contributed by atoms with Gasteiger partial charge in [0.2, 0.25) is 0 Å². The molecule has 0 aromatic rings. The van der Waals surface area contributed by atoms with E-state index in [0.717, 1.165) is 13.1 Å². The molecule has 0 aliphatic carbocycles. The van der Waals surface area contributed by atoms with Crippen LogP contribution < -0.4 is 11.1 Å². The average molecular weight is 324 g/mol. The van der Waals surface area contributed by atoms with Crippen molar-refractivity contribution in [3.05, 3.63) is 12.4 Å². The first-order valence-corrected chi connectivity index (χ1v) is 10.3. The molecule has 1 aliphatic heterocycles. The highest BCUT2D eigenvalue weighted by molar-refractivity contribution is 4.93. The molecule has 0 fully saturated rings. The van der Waals surface area contributed by atoms with Crippen LogP contribution in [0.5, 0.6) is 0 Å². The van der Waals surface area contributed by atoms with Crippen LogP contribution in [0.1, 0.15) is 96.8 Å². The highest BCUT2D eigenvalue weighted by atomic mass is 15.3. The molecule has 1 heterocycles. The molecular formula is C20H41N3. The predicted molar refractivity (Wildman–Crippen MR) is 102 cm³/mol. The van der Waals surface area contributed by atoms with Gasteiger partial charge in [-0.25, -0.2) is 0 Å². The third kappa shape index (κ3) is 10.6. The number of nitrogens with one attached hydrogen (secondary N) is 1. The van der Waals surface area contributed by atoms with Gasteiger partial charge < -0.3 is 16.0 Å². The van der Waals surface area contributed by atoms with Crippen molar-refractivity contribution < 1.29 is 0 Å². The SMILES string of the molecule is CCCCCCCCCCCCCCCC1NC=CN1CCN. The van der Waals surface area contributed by atoms with Crippen LogP contribution in [0.4, 0.5) is 0 Å². The van der Waals surface area contributed by atoms with Crippen molar-refractivity contribution in [3.8, 4) is 0 Å². The Hall–Kier alpha value is -0.700. The topological polar surface area (TPSA) is 41.3 Å². The van der Waals surface area contributed by atoms with Gasteiger partial charge >= 0.3 is 0 Å². The van der Waals surface area contributed by atoms with E-state index in [1.165, 1.54) is 89.9 Å². The van der Waals surface area contributed by atoms with Crippen LogP contribution in [0, 0.1) is 0 Å². The van der Waals surface area contributed by atoms with Crippen molar-refractivity contribution in [3.63, 3.8) is 0 Å². The molecule has 3 heteroatoms. The largest absolute Gasteiger partial charge is 0.370 e. The first-order chi connectivity index (χ1) is 11.4. The summed E-state index contributed by atoms with van der Waals surface area (Å²) < 4.78 is 0. The molecule has 0 radical (unpaired) electrons. The molecule has 23 heavy (non-hydrogen) atoms. The number of unbranched alkanes of at least 4 members (excludes halogenated alkanes) is 12. The minimum absolute atomic E-state index is 0.492. The summed E-state index contributed by atoms with van der Waals surface area (Å²) in [7, 11) is 0. The zero-order valence-corrected chi connectivity index (χ0v) is 15.6. The number of hydrogen-bond acceptors (Lipinski definition) is 3. The Kier molecular flexibility index (Phi) is 13.1. The third-order valence-electron chi connectivity index (χ3n) is 4.92. The number of rotatable bonds is 16. The van der Waals surface area contributed by atoms with Crippen LogP contribution in [0.25, 0.3) is 0 Å². The lowest BCUT2D eigenvalue weighted by Crippen LogP contribution is -2.37. The Bertz CT molecular complexity index is 278. The van der Waals surface area contributed by atoms with Crippen molar-refractivity contribution in [1.82, 2.24) is 10.2 Å². The van der Waals surface area contributed by atoms with Gasteiger partial charge in [0.25, 0.3) is 0 Å². The molecule has 0 bridgehead atoms. The van der Waals surface area contributed by atoms with Gasteiger partial charge in [-0.2, -0.15) is 0 Å². The maximum Gasteiger partial charge on any atom is 0.0981 e. The molecule has 1 atom stereocenters. The van der Waals surface area contributed by atoms with E-state index in [2.05, 4.69) is 29.5 Å². The van der Waals surface area contributed by atoms with Crippen LogP contribution in [0.2, 0.25) is 0 Å². The maximum absolute atomic E-state index is 5.64. The summed E-state index contributed by atoms with van der Waals surface area (Å²) >= 11 is 0. The molecule has 1 aliphatic rings. The van der Waals surface area contributed by atoms with E-state index < -0.39 is 0 Å². The van der Waals surface area contributed by atoms with E-state index in [0.29, 0.717) is 6.17 Å². The summed E-state index contributed by atoms with van der Waals surface area (Å²) in [6.45, 7) is 3.99. The third-order valence-corrected chi connectivity index (χ3v) is 4.92. The molecule has 0 aromatic carbocycles. The summed E-state index contributed by atoms with van der Waals surface area (Å²) in [5.41, 5.74) is 5.64. The molecule has 0 saturated heterocycles. The second-order valence-corrected chi connectivity index (χ2v) is 7.06. The van der Waals surface area contributed by atoms with E-state index in [1.54, 1.807) is 0 Å². The lowest BCUT2D eigenvalue weighted by Gasteiger charge is -2.25. The minimum Gasteiger partial charge on any atom is -0.370 e. The summed E-state index contributed by atoms with van der Waals surface area (Å²) in [5, 5.41) is 3.42. The summed E-state index contributed by atoms with van der Waals surface area (Å²) in [6, 6.07) is 0. The standard InChI is InChI=1S/C20H41N3/c1-2-3-4-5-6-7-8-9-10-11-12-13-14-15-20-22-17-19-23(20)18-16-21/h17,19-20,22H,2-16,18,21H2,1H3. The lowest BCUT2D eigenvalue weighted by atomic mass is 10.0. The Morgan fingerprint density at radius 2 is 1.35 bits per heavy atom. The predicted octanol–water partition coefficient (Wildman–Crippen LogP) is 5.13. The number of nitrogens with two attached hydrogens (primary N) is 1. The normalized spacial score (nSPS) is 17.0. The second kappa shape index (κ2) is 14.9. The minimum atomic E-state index is 0.492. The van der Waals surface area contributed by atoms with Crippen molar-refractivity contribution in [2.24, 2.45) is 5.73 Å². The first kappa shape index (κ1) is 20.3. The van der Waals surface area contributed by atoms with Gasteiger partial charge in [0.1, 0.15) is 0 Å². The van der Waals surface area contributed by atoms with Crippen LogP contribution in [-0.4, -0.2) is 24.2 Å². The fourth-order valence-electron chi connectivity index (χ4n) is 3.43. The van der Waals surface area contributed by atoms with E-state index in [-0.39, 0.29) is 0 Å². The number of hydrogen-bond donors (Lipinski definition) is 2. The van der Waals surface area contributed by atoms with Gasteiger partial charge in [-0.15, -0.1) is 0 Å². The Labute approximate surface area is 145 Å². The van der Waals surface area contributed by atoms with E-state index in [4.69, 9.17) is 5.73 Å². The highest BCUT2D eigenvalue weighted by Crippen LogP contribution is 2.15. The summed E-state index contributed by atoms with van der Waals surface area (Å²) in [6.07, 6.45) is 24.4. The van der Waals surface area contributed by atoms with E-state index >= 15 is 0 Å². The Morgan fingerprint density at radius 1 is 0.826 bits per heavy atom. The zero-order chi connectivity index (χ0) is 16.6. The van der Waals surface area contributed by atoms with Crippen molar-refractivity contribution in [2.45, 2.75) is 103 Å². The van der Waals surface area contributed by atoms with Gasteiger partial charge in [0.15, 0.2) is 0 Å². The summed E-state index contributed by atoms with van der Waals surface area (Å²) in [5.74, 6) is 0. The Balaban J connectivity index is 1.78. The fraction of sp³-hybridized carbons (Fsp3) is 0.900. The van der Waals surface area contributed by atoms with Crippen LogP contribution >= 0.6 is 0 Å². The van der Waals surface area contributed by atoms with Crippen LogP contribution in [0.3, 0.4) is 0 Å². The highest BCUT2D eigenvalue weighted by Gasteiger charge is 2.16. The lowest BCUT2D eigenvalue weighted by molar-refractivity contribution is 0.264. The second-order valence-electron chi connectivity index (χ2n) is 7.06. The Morgan fingerprint density at radius 3 is 1.87 bits per heavy atom. The molecule has 0 amide bonds. The molecule has 136 valence electrons. The molecule has 0 spiro atoms. The molecule has 1 rings (SSSR count). The fourth-order valence-corrected chi connectivity index (χ4v) is 3.43. The molecule has 3 N–H and O–H groups in total. The van der Waals surface area contributed by atoms with Crippen LogP contribution in [-0.2, 0) is 0 Å². The smallest absolute Gasteiger partial charge is 0.0981 e. The summed E-state index contributed by atoms with van der Waals surface area (Å²) in [4.78, 5) is 2.33. The molecule has 0 aromatic heterocycles. The van der Waals surface area contributed by atoms with Gasteiger partial charge in [0.05, 0.1) is 6.17 Å². The number of nitrogens with zero attached hydrogens (tertiary/aromatic N) is 1. The average Bonchev–Trinajstić information content (AvgIpc) is 2.99.